The summed E-state index contributed by atoms with van der Waals surface area (Å²) in [7, 11) is 0. The number of fused-ring (bicyclic) bond motifs is 1. The SMILES string of the molecule is O=C1O[C@@H](C(=O)Nc2ncc(Cc3ccccc3Cl)s2)Cc2ccccc21. The average Bonchev–Trinajstić information content (AvgIpc) is 3.10. The van der Waals surface area contributed by atoms with Crippen molar-refractivity contribution < 1.29 is 14.3 Å². The van der Waals surface area contributed by atoms with Gasteiger partial charge in [-0.05, 0) is 23.3 Å². The molecule has 27 heavy (non-hydrogen) atoms. The third-order valence-corrected chi connectivity index (χ3v) is 5.57. The number of cyclic esters (lactones) is 1. The number of hydrogen-bond donors (Lipinski definition) is 1. The Kier molecular flexibility index (Phi) is 4.92. The Morgan fingerprint density at radius 2 is 2.00 bits per heavy atom. The lowest BCUT2D eigenvalue weighted by Gasteiger charge is -2.23. The van der Waals surface area contributed by atoms with Gasteiger partial charge in [0.1, 0.15) is 0 Å². The Bertz CT molecular complexity index is 1020. The second kappa shape index (κ2) is 7.50. The number of hydrogen-bond acceptors (Lipinski definition) is 5. The van der Waals surface area contributed by atoms with Crippen molar-refractivity contribution in [3.05, 3.63) is 81.3 Å². The van der Waals surface area contributed by atoms with Crippen LogP contribution >= 0.6 is 22.9 Å². The molecular weight excluding hydrogens is 384 g/mol. The fourth-order valence-corrected chi connectivity index (χ4v) is 3.98. The third-order valence-electron chi connectivity index (χ3n) is 4.29. The fourth-order valence-electron chi connectivity index (χ4n) is 2.94. The predicted molar refractivity (Wildman–Crippen MR) is 104 cm³/mol. The number of ether oxygens (including phenoxy) is 1. The van der Waals surface area contributed by atoms with Gasteiger partial charge in [-0.15, -0.1) is 11.3 Å². The third kappa shape index (κ3) is 3.86. The summed E-state index contributed by atoms with van der Waals surface area (Å²) in [6.07, 6.45) is 1.85. The van der Waals surface area contributed by atoms with Crippen molar-refractivity contribution >= 4 is 39.9 Å². The van der Waals surface area contributed by atoms with Crippen molar-refractivity contribution in [2.45, 2.75) is 18.9 Å². The predicted octanol–water partition coefficient (Wildman–Crippen LogP) is 4.11. The molecule has 0 aliphatic carbocycles. The van der Waals surface area contributed by atoms with Crippen LogP contribution in [0.2, 0.25) is 5.02 Å². The van der Waals surface area contributed by atoms with E-state index in [4.69, 9.17) is 16.3 Å². The minimum absolute atomic E-state index is 0.353. The molecule has 0 radical (unpaired) electrons. The highest BCUT2D eigenvalue weighted by Gasteiger charge is 2.31. The van der Waals surface area contributed by atoms with Crippen molar-refractivity contribution in [1.82, 2.24) is 4.98 Å². The number of benzene rings is 2. The number of rotatable bonds is 4. The molecule has 2 heterocycles. The molecule has 0 spiro atoms. The fraction of sp³-hybridized carbons (Fsp3) is 0.150. The molecule has 7 heteroatoms. The molecule has 0 fully saturated rings. The monoisotopic (exact) mass is 398 g/mol. The maximum atomic E-state index is 12.5. The Balaban J connectivity index is 1.43. The van der Waals surface area contributed by atoms with Crippen molar-refractivity contribution in [2.24, 2.45) is 0 Å². The van der Waals surface area contributed by atoms with E-state index in [1.807, 2.05) is 36.4 Å². The van der Waals surface area contributed by atoms with Gasteiger partial charge in [-0.3, -0.25) is 10.1 Å². The minimum Gasteiger partial charge on any atom is -0.448 e. The average molecular weight is 399 g/mol. The van der Waals surface area contributed by atoms with Gasteiger partial charge >= 0.3 is 5.97 Å². The van der Waals surface area contributed by atoms with Crippen LogP contribution in [0.4, 0.5) is 5.13 Å². The lowest BCUT2D eigenvalue weighted by atomic mass is 9.98. The lowest BCUT2D eigenvalue weighted by Crippen LogP contribution is -2.37. The van der Waals surface area contributed by atoms with Crippen molar-refractivity contribution in [3.8, 4) is 0 Å². The molecule has 0 saturated heterocycles. The number of nitrogens with one attached hydrogen (secondary N) is 1. The first-order valence-electron chi connectivity index (χ1n) is 8.38. The van der Waals surface area contributed by atoms with Gasteiger partial charge in [-0.25, -0.2) is 9.78 Å². The number of carbonyl (C=O) groups excluding carboxylic acids is 2. The number of amides is 1. The van der Waals surface area contributed by atoms with Gasteiger partial charge in [0, 0.05) is 28.9 Å². The molecule has 1 aliphatic rings. The second-order valence-electron chi connectivity index (χ2n) is 6.14. The first-order valence-corrected chi connectivity index (χ1v) is 9.57. The van der Waals surface area contributed by atoms with Crippen molar-refractivity contribution in [1.29, 1.82) is 0 Å². The van der Waals surface area contributed by atoms with E-state index in [1.165, 1.54) is 11.3 Å². The molecule has 5 nitrogen and oxygen atoms in total. The number of anilines is 1. The first kappa shape index (κ1) is 17.7. The maximum absolute atomic E-state index is 12.5. The van der Waals surface area contributed by atoms with Gasteiger partial charge < -0.3 is 4.74 Å². The summed E-state index contributed by atoms with van der Waals surface area (Å²) in [5.74, 6) is -0.855. The smallest absolute Gasteiger partial charge is 0.339 e. The molecule has 0 unspecified atom stereocenters. The van der Waals surface area contributed by atoms with Crippen LogP contribution in [0.15, 0.2) is 54.7 Å². The topological polar surface area (TPSA) is 68.3 Å². The number of thiazole rings is 1. The van der Waals surface area contributed by atoms with E-state index in [9.17, 15) is 9.59 Å². The largest absolute Gasteiger partial charge is 0.448 e. The molecule has 1 aromatic heterocycles. The molecule has 1 amide bonds. The Morgan fingerprint density at radius 3 is 2.85 bits per heavy atom. The van der Waals surface area contributed by atoms with Crippen LogP contribution in [0.5, 0.6) is 0 Å². The highest BCUT2D eigenvalue weighted by molar-refractivity contribution is 7.15. The summed E-state index contributed by atoms with van der Waals surface area (Å²) in [4.78, 5) is 29.8. The molecule has 4 rings (SSSR count). The Morgan fingerprint density at radius 1 is 1.22 bits per heavy atom. The van der Waals surface area contributed by atoms with Gasteiger partial charge in [0.25, 0.3) is 5.91 Å². The normalized spacial score (nSPS) is 15.7. The molecule has 136 valence electrons. The van der Waals surface area contributed by atoms with E-state index in [-0.39, 0.29) is 5.91 Å². The molecule has 3 aromatic rings. The molecule has 1 aliphatic heterocycles. The van der Waals surface area contributed by atoms with E-state index in [0.717, 1.165) is 16.0 Å². The summed E-state index contributed by atoms with van der Waals surface area (Å²) in [6, 6.07) is 14.8. The van der Waals surface area contributed by atoms with Crippen LogP contribution in [0.25, 0.3) is 0 Å². The first-order chi connectivity index (χ1) is 13.1. The van der Waals surface area contributed by atoms with E-state index in [1.54, 1.807) is 18.3 Å². The van der Waals surface area contributed by atoms with Crippen molar-refractivity contribution in [3.63, 3.8) is 0 Å². The molecule has 1 atom stereocenters. The quantitative estimate of drug-likeness (QED) is 0.671. The van der Waals surface area contributed by atoms with E-state index in [0.29, 0.717) is 28.6 Å². The zero-order valence-corrected chi connectivity index (χ0v) is 15.7. The van der Waals surface area contributed by atoms with Gasteiger partial charge in [-0.1, -0.05) is 48.0 Å². The summed E-state index contributed by atoms with van der Waals surface area (Å²) in [5.41, 5.74) is 2.32. The van der Waals surface area contributed by atoms with Crippen LogP contribution < -0.4 is 5.32 Å². The van der Waals surface area contributed by atoms with Gasteiger partial charge in [0.2, 0.25) is 0 Å². The van der Waals surface area contributed by atoms with Crippen LogP contribution in [0.1, 0.15) is 26.4 Å². The summed E-state index contributed by atoms with van der Waals surface area (Å²) in [5, 5.41) is 3.91. The summed E-state index contributed by atoms with van der Waals surface area (Å²) in [6.45, 7) is 0. The van der Waals surface area contributed by atoms with E-state index >= 15 is 0 Å². The lowest BCUT2D eigenvalue weighted by molar-refractivity contribution is -0.125. The molecule has 0 bridgehead atoms. The zero-order chi connectivity index (χ0) is 18.8. The standard InChI is InChI=1S/C20H15ClN2O3S/c21-16-8-4-2-6-13(16)9-14-11-22-20(27-14)23-18(24)17-10-12-5-1-3-7-15(12)19(25)26-17/h1-8,11,17H,9-10H2,(H,22,23,24)/t17-/m1/s1. The van der Waals surface area contributed by atoms with Gasteiger partial charge in [0.05, 0.1) is 5.56 Å². The van der Waals surface area contributed by atoms with Crippen LogP contribution in [-0.2, 0) is 22.4 Å². The van der Waals surface area contributed by atoms with Crippen molar-refractivity contribution in [2.75, 3.05) is 5.32 Å². The summed E-state index contributed by atoms with van der Waals surface area (Å²) >= 11 is 7.56. The van der Waals surface area contributed by atoms with Gasteiger partial charge in [-0.2, -0.15) is 0 Å². The van der Waals surface area contributed by atoms with Crippen LogP contribution in [0.3, 0.4) is 0 Å². The number of halogens is 1. The highest BCUT2D eigenvalue weighted by atomic mass is 35.5. The molecule has 0 saturated carbocycles. The molecule has 2 aromatic carbocycles. The second-order valence-corrected chi connectivity index (χ2v) is 7.67. The Hall–Kier alpha value is -2.70. The maximum Gasteiger partial charge on any atom is 0.339 e. The number of aromatic nitrogens is 1. The van der Waals surface area contributed by atoms with E-state index in [2.05, 4.69) is 10.3 Å². The number of esters is 1. The molecular formula is C20H15ClN2O3S. The minimum atomic E-state index is -0.858. The number of carbonyl (C=O) groups is 2. The summed E-state index contributed by atoms with van der Waals surface area (Å²) < 4.78 is 5.27. The zero-order valence-electron chi connectivity index (χ0n) is 14.1. The van der Waals surface area contributed by atoms with E-state index < -0.39 is 12.1 Å². The highest BCUT2D eigenvalue weighted by Crippen LogP contribution is 2.26. The van der Waals surface area contributed by atoms with Crippen LogP contribution in [0, 0.1) is 0 Å². The van der Waals surface area contributed by atoms with Crippen LogP contribution in [-0.4, -0.2) is 23.0 Å². The Labute approximate surface area is 165 Å². The number of nitrogens with zero attached hydrogens (tertiary/aromatic N) is 1. The van der Waals surface area contributed by atoms with Gasteiger partial charge in [0.15, 0.2) is 11.2 Å². The molecule has 1 N–H and O–H groups in total.